The summed E-state index contributed by atoms with van der Waals surface area (Å²) in [6.45, 7) is 3.92. The summed E-state index contributed by atoms with van der Waals surface area (Å²) >= 11 is 5.37. The first-order valence-corrected chi connectivity index (χ1v) is 5.83. The van der Waals surface area contributed by atoms with Gasteiger partial charge in [-0.05, 0) is 5.92 Å². The SMILES string of the molecule is CC(C)CN(CC(N)=O)C(=O)NC(=O)CCCl. The Morgan fingerprint density at radius 3 is 2.35 bits per heavy atom. The maximum Gasteiger partial charge on any atom is 0.324 e. The number of hydrogen-bond acceptors (Lipinski definition) is 3. The molecule has 0 aromatic heterocycles. The quantitative estimate of drug-likeness (QED) is 0.675. The van der Waals surface area contributed by atoms with Crippen LogP contribution in [0.25, 0.3) is 0 Å². The van der Waals surface area contributed by atoms with Crippen LogP contribution in [0.3, 0.4) is 0 Å². The van der Waals surface area contributed by atoms with E-state index in [1.54, 1.807) is 0 Å². The number of alkyl halides is 1. The van der Waals surface area contributed by atoms with Crippen molar-refractivity contribution >= 4 is 29.4 Å². The van der Waals surface area contributed by atoms with Crippen molar-refractivity contribution in [1.29, 1.82) is 0 Å². The molecule has 0 aromatic rings. The first kappa shape index (κ1) is 15.7. The highest BCUT2D eigenvalue weighted by Crippen LogP contribution is 1.99. The minimum Gasteiger partial charge on any atom is -0.368 e. The molecule has 0 aliphatic heterocycles. The number of imide groups is 1. The lowest BCUT2D eigenvalue weighted by atomic mass is 10.2. The van der Waals surface area contributed by atoms with E-state index in [0.29, 0.717) is 6.54 Å². The number of nitrogens with two attached hydrogens (primary N) is 1. The van der Waals surface area contributed by atoms with Crippen molar-refractivity contribution in [2.24, 2.45) is 11.7 Å². The molecule has 0 aromatic carbocycles. The number of urea groups is 1. The van der Waals surface area contributed by atoms with Crippen LogP contribution in [0.5, 0.6) is 0 Å². The lowest BCUT2D eigenvalue weighted by Crippen LogP contribution is -2.47. The molecule has 0 saturated carbocycles. The van der Waals surface area contributed by atoms with Crippen LogP contribution in [0.2, 0.25) is 0 Å². The van der Waals surface area contributed by atoms with Gasteiger partial charge in [0.15, 0.2) is 0 Å². The van der Waals surface area contributed by atoms with Crippen molar-refractivity contribution in [3.8, 4) is 0 Å². The monoisotopic (exact) mass is 263 g/mol. The van der Waals surface area contributed by atoms with Crippen molar-refractivity contribution in [1.82, 2.24) is 10.2 Å². The van der Waals surface area contributed by atoms with E-state index in [9.17, 15) is 14.4 Å². The molecule has 98 valence electrons. The first-order chi connectivity index (χ1) is 7.86. The number of primary amides is 1. The van der Waals surface area contributed by atoms with Gasteiger partial charge in [-0.3, -0.25) is 14.9 Å². The summed E-state index contributed by atoms with van der Waals surface area (Å²) in [5.74, 6) is -0.781. The number of rotatable bonds is 6. The largest absolute Gasteiger partial charge is 0.368 e. The van der Waals surface area contributed by atoms with Crippen molar-refractivity contribution in [2.75, 3.05) is 19.0 Å². The van der Waals surface area contributed by atoms with E-state index in [4.69, 9.17) is 17.3 Å². The van der Waals surface area contributed by atoms with E-state index in [1.807, 2.05) is 13.8 Å². The predicted octanol–water partition coefficient (Wildman–Crippen LogP) is 0.295. The zero-order valence-electron chi connectivity index (χ0n) is 10.0. The molecular weight excluding hydrogens is 246 g/mol. The highest BCUT2D eigenvalue weighted by molar-refractivity contribution is 6.19. The Labute approximate surface area is 105 Å². The minimum atomic E-state index is -0.620. The Morgan fingerprint density at radius 1 is 1.35 bits per heavy atom. The van der Waals surface area contributed by atoms with Crippen molar-refractivity contribution in [3.63, 3.8) is 0 Å². The van der Waals surface area contributed by atoms with Gasteiger partial charge in [-0.25, -0.2) is 4.79 Å². The van der Waals surface area contributed by atoms with Crippen molar-refractivity contribution in [2.45, 2.75) is 20.3 Å². The number of halogens is 1. The number of nitrogens with zero attached hydrogens (tertiary/aromatic N) is 1. The predicted molar refractivity (Wildman–Crippen MR) is 64.5 cm³/mol. The number of nitrogens with one attached hydrogen (secondary N) is 1. The number of hydrogen-bond donors (Lipinski definition) is 2. The van der Waals surface area contributed by atoms with Crippen molar-refractivity contribution < 1.29 is 14.4 Å². The van der Waals surface area contributed by atoms with E-state index in [2.05, 4.69) is 5.32 Å². The van der Waals surface area contributed by atoms with Crippen LogP contribution in [0.1, 0.15) is 20.3 Å². The van der Waals surface area contributed by atoms with Gasteiger partial charge in [0, 0.05) is 18.8 Å². The number of amides is 4. The molecule has 0 atom stereocenters. The smallest absolute Gasteiger partial charge is 0.324 e. The van der Waals surface area contributed by atoms with Crippen molar-refractivity contribution in [3.05, 3.63) is 0 Å². The Hall–Kier alpha value is -1.30. The molecule has 0 aliphatic rings. The standard InChI is InChI=1S/C10H18ClN3O3/c1-7(2)5-14(6-8(12)15)10(17)13-9(16)3-4-11/h7H,3-6H2,1-2H3,(H2,12,15)(H,13,16,17). The third-order valence-electron chi connectivity index (χ3n) is 1.79. The Balaban J connectivity index is 4.41. The van der Waals surface area contributed by atoms with Gasteiger partial charge in [-0.1, -0.05) is 13.8 Å². The molecule has 0 fully saturated rings. The van der Waals surface area contributed by atoms with Crippen LogP contribution in [-0.4, -0.2) is 41.7 Å². The van der Waals surface area contributed by atoms with Crippen LogP contribution in [0.15, 0.2) is 0 Å². The van der Waals surface area contributed by atoms with Gasteiger partial charge in [0.25, 0.3) is 0 Å². The molecule has 0 bridgehead atoms. The topological polar surface area (TPSA) is 92.5 Å². The average molecular weight is 264 g/mol. The summed E-state index contributed by atoms with van der Waals surface area (Å²) < 4.78 is 0. The molecule has 3 N–H and O–H groups in total. The second-order valence-electron chi connectivity index (χ2n) is 4.03. The maximum absolute atomic E-state index is 11.6. The molecule has 0 rings (SSSR count). The second kappa shape index (κ2) is 7.89. The summed E-state index contributed by atoms with van der Waals surface area (Å²) in [4.78, 5) is 34.8. The summed E-state index contributed by atoms with van der Waals surface area (Å²) in [6, 6.07) is -0.618. The molecule has 17 heavy (non-hydrogen) atoms. The van der Waals surface area contributed by atoms with Gasteiger partial charge < -0.3 is 10.6 Å². The lowest BCUT2D eigenvalue weighted by molar-refractivity contribution is -0.121. The Morgan fingerprint density at radius 2 is 1.94 bits per heavy atom. The Bertz CT molecular complexity index is 295. The van der Waals surface area contributed by atoms with E-state index in [0.717, 1.165) is 0 Å². The Kier molecular flexibility index (Phi) is 7.29. The van der Waals surface area contributed by atoms with Crippen LogP contribution in [-0.2, 0) is 9.59 Å². The zero-order valence-corrected chi connectivity index (χ0v) is 10.8. The number of carbonyl (C=O) groups excluding carboxylic acids is 3. The van der Waals surface area contributed by atoms with Gasteiger partial charge in [-0.15, -0.1) is 11.6 Å². The van der Waals surface area contributed by atoms with Gasteiger partial charge in [0.1, 0.15) is 6.54 Å². The summed E-state index contributed by atoms with van der Waals surface area (Å²) in [6.07, 6.45) is 0.0549. The summed E-state index contributed by atoms with van der Waals surface area (Å²) in [5.41, 5.74) is 5.03. The molecule has 0 aliphatic carbocycles. The molecule has 7 heteroatoms. The highest BCUT2D eigenvalue weighted by Gasteiger charge is 2.18. The fourth-order valence-corrected chi connectivity index (χ4v) is 1.37. The maximum atomic E-state index is 11.6. The highest BCUT2D eigenvalue weighted by atomic mass is 35.5. The molecule has 0 unspecified atom stereocenters. The fraction of sp³-hybridized carbons (Fsp3) is 0.700. The van der Waals surface area contributed by atoms with Gasteiger partial charge in [-0.2, -0.15) is 0 Å². The van der Waals surface area contributed by atoms with E-state index in [1.165, 1.54) is 4.90 Å². The third kappa shape index (κ3) is 7.57. The van der Waals surface area contributed by atoms with Gasteiger partial charge >= 0.3 is 6.03 Å². The van der Waals surface area contributed by atoms with E-state index in [-0.39, 0.29) is 24.8 Å². The molecule has 4 amide bonds. The second-order valence-corrected chi connectivity index (χ2v) is 4.41. The van der Waals surface area contributed by atoms with Gasteiger partial charge in [0.2, 0.25) is 11.8 Å². The summed E-state index contributed by atoms with van der Waals surface area (Å²) in [5, 5.41) is 2.15. The van der Waals surface area contributed by atoms with Crippen LogP contribution in [0, 0.1) is 5.92 Å². The average Bonchev–Trinajstić information content (AvgIpc) is 2.15. The molecule has 0 radical (unpaired) electrons. The van der Waals surface area contributed by atoms with E-state index < -0.39 is 17.8 Å². The fourth-order valence-electron chi connectivity index (χ4n) is 1.19. The first-order valence-electron chi connectivity index (χ1n) is 5.29. The molecule has 0 saturated heterocycles. The van der Waals surface area contributed by atoms with Crippen LogP contribution in [0.4, 0.5) is 4.79 Å². The molecule has 6 nitrogen and oxygen atoms in total. The molecular formula is C10H18ClN3O3. The zero-order chi connectivity index (χ0) is 13.4. The summed E-state index contributed by atoms with van der Waals surface area (Å²) in [7, 11) is 0. The number of carbonyl (C=O) groups is 3. The van der Waals surface area contributed by atoms with E-state index >= 15 is 0 Å². The lowest BCUT2D eigenvalue weighted by Gasteiger charge is -2.22. The van der Waals surface area contributed by atoms with Crippen LogP contribution >= 0.6 is 11.6 Å². The third-order valence-corrected chi connectivity index (χ3v) is 1.98. The van der Waals surface area contributed by atoms with Crippen LogP contribution < -0.4 is 11.1 Å². The minimum absolute atomic E-state index is 0.0549. The van der Waals surface area contributed by atoms with Gasteiger partial charge in [0.05, 0.1) is 0 Å². The molecule has 0 spiro atoms. The normalized spacial score (nSPS) is 10.1. The molecule has 0 heterocycles.